The Labute approximate surface area is 325 Å². The number of hydrogen-bond acceptors (Lipinski definition) is 7. The van der Waals surface area contributed by atoms with Gasteiger partial charge in [-0.15, -0.1) is 0 Å². The highest BCUT2D eigenvalue weighted by Crippen LogP contribution is 2.31. The molecule has 6 nitrogen and oxygen atoms in total. The Morgan fingerprint density at radius 1 is 1.00 bits per heavy atom. The van der Waals surface area contributed by atoms with E-state index in [9.17, 15) is 0 Å². The number of para-hydroxylation sites is 1. The van der Waals surface area contributed by atoms with Crippen LogP contribution < -0.4 is 5.73 Å². The van der Waals surface area contributed by atoms with Gasteiger partial charge < -0.3 is 15.0 Å². The molecule has 286 valence electrons. The van der Waals surface area contributed by atoms with E-state index in [1.54, 1.807) is 6.21 Å². The van der Waals surface area contributed by atoms with E-state index in [-0.39, 0.29) is 7.43 Å². The Morgan fingerprint density at radius 3 is 2.36 bits per heavy atom. The Hall–Kier alpha value is -4.12. The van der Waals surface area contributed by atoms with Crippen molar-refractivity contribution in [2.45, 2.75) is 133 Å². The van der Waals surface area contributed by atoms with Crippen LogP contribution in [0.2, 0.25) is 0 Å². The van der Waals surface area contributed by atoms with Crippen LogP contribution in [-0.4, -0.2) is 35.0 Å². The summed E-state index contributed by atoms with van der Waals surface area (Å²) in [4.78, 5) is 9.31. The van der Waals surface area contributed by atoms with E-state index in [1.165, 1.54) is 24.0 Å². The van der Waals surface area contributed by atoms with Crippen LogP contribution in [0.5, 0.6) is 0 Å². The molecule has 0 bridgehead atoms. The lowest BCUT2D eigenvalue weighted by atomic mass is 9.96. The molecule has 1 fully saturated rings. The maximum absolute atomic E-state index is 6.57. The van der Waals surface area contributed by atoms with E-state index in [0.29, 0.717) is 12.2 Å². The van der Waals surface area contributed by atoms with Crippen LogP contribution in [-0.2, 0) is 16.9 Å². The van der Waals surface area contributed by atoms with Gasteiger partial charge in [0.1, 0.15) is 0 Å². The monoisotopic (exact) mass is 736 g/mol. The number of nitrogens with zero attached hydrogens (tertiary/aromatic N) is 3. The summed E-state index contributed by atoms with van der Waals surface area (Å²) in [6.07, 6.45) is 12.1. The van der Waals surface area contributed by atoms with Gasteiger partial charge in [0.15, 0.2) is 5.76 Å². The molecule has 1 saturated heterocycles. The van der Waals surface area contributed by atoms with Gasteiger partial charge in [0.05, 0.1) is 29.3 Å². The lowest BCUT2D eigenvalue weighted by Crippen LogP contribution is -2.11. The van der Waals surface area contributed by atoms with Crippen molar-refractivity contribution in [3.8, 4) is 23.2 Å². The molecular weight excluding hydrogens is 673 g/mol. The topological polar surface area (TPSA) is 86.0 Å². The van der Waals surface area contributed by atoms with Crippen molar-refractivity contribution in [2.75, 3.05) is 5.75 Å². The molecule has 53 heavy (non-hydrogen) atoms. The summed E-state index contributed by atoms with van der Waals surface area (Å²) in [6.45, 7) is 18.6. The Balaban J connectivity index is 0.000000383. The van der Waals surface area contributed by atoms with Gasteiger partial charge in [-0.05, 0) is 96.8 Å². The fourth-order valence-corrected chi connectivity index (χ4v) is 7.01. The molecule has 0 saturated carbocycles. The summed E-state index contributed by atoms with van der Waals surface area (Å²) in [5.41, 5.74) is 17.5. The van der Waals surface area contributed by atoms with Crippen molar-refractivity contribution in [1.82, 2.24) is 5.16 Å². The van der Waals surface area contributed by atoms with Crippen LogP contribution in [0.25, 0.3) is 11.3 Å². The molecule has 2 N–H and O–H groups in total. The van der Waals surface area contributed by atoms with E-state index < -0.39 is 0 Å². The third kappa shape index (κ3) is 14.3. The molecule has 1 aliphatic rings. The number of benzene rings is 2. The molecule has 0 radical (unpaired) electrons. The Bertz CT molecular complexity index is 1790. The molecule has 2 aromatic carbocycles. The number of thioether (sulfide) groups is 1. The number of nitrogens with two attached hydrogens (primary N) is 1. The number of rotatable bonds is 14. The molecule has 2 heterocycles. The highest BCUT2D eigenvalue weighted by atomic mass is 32.2. The largest absolute Gasteiger partial charge is 0.398 e. The smallest absolute Gasteiger partial charge is 0.171 e. The van der Waals surface area contributed by atoms with Gasteiger partial charge >= 0.3 is 0 Å². The van der Waals surface area contributed by atoms with E-state index in [4.69, 9.17) is 20.0 Å². The SMILES string of the molecule is C.CC=N/C(C)=C(C(/C#CC(C)=Nc1ccccc1CCC)=C\CCC)\C(N)=C(/C)CC.Cc1noc(-c2ccccc2)c1CSCC1CCC(C)O1. The minimum atomic E-state index is 0. The van der Waals surface area contributed by atoms with Crippen molar-refractivity contribution in [1.29, 1.82) is 0 Å². The Kier molecular flexibility index (Phi) is 20.6. The van der Waals surface area contributed by atoms with Crippen LogP contribution in [0, 0.1) is 18.8 Å². The normalized spacial score (nSPS) is 16.9. The molecule has 0 amide bonds. The predicted octanol–water partition coefficient (Wildman–Crippen LogP) is 12.6. The number of aliphatic imine (C=N–C) groups is 2. The van der Waals surface area contributed by atoms with Gasteiger partial charge in [0.2, 0.25) is 0 Å². The highest BCUT2D eigenvalue weighted by Gasteiger charge is 2.22. The number of hydrogen-bond donors (Lipinski definition) is 1. The highest BCUT2D eigenvalue weighted by molar-refractivity contribution is 7.98. The second-order valence-corrected chi connectivity index (χ2v) is 14.3. The first-order chi connectivity index (χ1) is 25.1. The summed E-state index contributed by atoms with van der Waals surface area (Å²) in [6, 6.07) is 18.5. The summed E-state index contributed by atoms with van der Waals surface area (Å²) in [5.74, 6) is 9.50. The standard InChI is InChI=1S/C28H39N3.C17H21NO2S.CH4/c1-8-12-16-25(27(23(7)30-11-4)28(29)21(5)10-3)20-19-22(6)31-26-18-14-13-17-24(26)15-9-2;1-12-8-9-15(19-12)10-21-11-16-13(2)18-20-17(16)14-6-4-3-5-7-14;/h11,13-14,16-18H,8-10,12,15,29H2,1-7H3;3-7,12,15H,8-11H2,1-2H3;1H4/b25-16-,27-23-,28-21-,30-11?,31-22?;;. The van der Waals surface area contributed by atoms with Crippen molar-refractivity contribution in [3.63, 3.8) is 0 Å². The summed E-state index contributed by atoms with van der Waals surface area (Å²) >= 11 is 1.91. The molecule has 1 aromatic heterocycles. The van der Waals surface area contributed by atoms with Crippen molar-refractivity contribution < 1.29 is 9.26 Å². The van der Waals surface area contributed by atoms with Crippen molar-refractivity contribution in [2.24, 2.45) is 15.7 Å². The van der Waals surface area contributed by atoms with Crippen molar-refractivity contribution in [3.05, 3.63) is 106 Å². The minimum absolute atomic E-state index is 0. The molecule has 3 aromatic rings. The molecule has 0 aliphatic carbocycles. The third-order valence-corrected chi connectivity index (χ3v) is 10.0. The zero-order valence-corrected chi connectivity index (χ0v) is 33.8. The lowest BCUT2D eigenvalue weighted by molar-refractivity contribution is 0.0700. The van der Waals surface area contributed by atoms with Crippen LogP contribution in [0.3, 0.4) is 0 Å². The molecule has 7 heteroatoms. The maximum Gasteiger partial charge on any atom is 0.171 e. The van der Waals surface area contributed by atoms with Gasteiger partial charge in [-0.1, -0.05) is 107 Å². The Morgan fingerprint density at radius 2 is 1.72 bits per heavy atom. The second-order valence-electron chi connectivity index (χ2n) is 13.2. The van der Waals surface area contributed by atoms with Gasteiger partial charge in [0.25, 0.3) is 0 Å². The average Bonchev–Trinajstić information content (AvgIpc) is 3.74. The number of unbranched alkanes of at least 4 members (excludes halogenated alkanes) is 1. The quantitative estimate of drug-likeness (QED) is 0.101. The maximum atomic E-state index is 6.57. The number of aromatic nitrogens is 1. The van der Waals surface area contributed by atoms with Gasteiger partial charge in [-0.25, -0.2) is 4.99 Å². The zero-order valence-electron chi connectivity index (χ0n) is 33.0. The van der Waals surface area contributed by atoms with E-state index in [1.807, 2.05) is 63.7 Å². The minimum Gasteiger partial charge on any atom is -0.398 e. The summed E-state index contributed by atoms with van der Waals surface area (Å²) in [7, 11) is 0. The molecule has 0 spiro atoms. The molecule has 2 unspecified atom stereocenters. The molecule has 1 aliphatic heterocycles. The van der Waals surface area contributed by atoms with E-state index in [0.717, 1.165) is 100 Å². The van der Waals surface area contributed by atoms with E-state index >= 15 is 0 Å². The average molecular weight is 737 g/mol. The van der Waals surface area contributed by atoms with Crippen LogP contribution in [0.4, 0.5) is 5.69 Å². The number of aryl methyl sites for hydroxylation is 2. The second kappa shape index (κ2) is 24.2. The van der Waals surface area contributed by atoms with Crippen molar-refractivity contribution >= 4 is 29.4 Å². The number of ether oxygens (including phenoxy) is 1. The summed E-state index contributed by atoms with van der Waals surface area (Å²) in [5, 5.41) is 4.14. The first-order valence-corrected chi connectivity index (χ1v) is 20.0. The predicted molar refractivity (Wildman–Crippen MR) is 231 cm³/mol. The number of allylic oxidation sites excluding steroid dienone is 4. The van der Waals surface area contributed by atoms with Gasteiger partial charge in [-0.2, -0.15) is 11.8 Å². The zero-order chi connectivity index (χ0) is 37.9. The summed E-state index contributed by atoms with van der Waals surface area (Å²) < 4.78 is 11.4. The molecule has 2 atom stereocenters. The fraction of sp³-hybridized carbons (Fsp3) is 0.457. The fourth-order valence-electron chi connectivity index (χ4n) is 5.84. The third-order valence-electron chi connectivity index (χ3n) is 8.92. The van der Waals surface area contributed by atoms with Crippen LogP contribution in [0.15, 0.2) is 103 Å². The van der Waals surface area contributed by atoms with Crippen LogP contribution in [0.1, 0.15) is 118 Å². The lowest BCUT2D eigenvalue weighted by Gasteiger charge is -2.14. The molecular formula is C46H64N4O2S. The van der Waals surface area contributed by atoms with Crippen LogP contribution >= 0.6 is 11.8 Å². The molecule has 4 rings (SSSR count). The first-order valence-electron chi connectivity index (χ1n) is 18.9. The first kappa shape index (κ1) is 45.0. The van der Waals surface area contributed by atoms with Gasteiger partial charge in [0, 0.05) is 51.4 Å². The van der Waals surface area contributed by atoms with E-state index in [2.05, 4.69) is 93.0 Å². The van der Waals surface area contributed by atoms with Gasteiger partial charge in [-0.3, -0.25) is 4.99 Å².